The standard InChI is InChI=1S/C17H22N4O3/c1-2-5-18-17(24)21-8-6-20(7-9-21)16(23)12-3-4-14-13(10-12)11-15(22)19-14/h3-4,10H,2,5-9,11H2,1H3,(H,18,24)(H,19,22). The quantitative estimate of drug-likeness (QED) is 0.869. The van der Waals surface area contributed by atoms with Gasteiger partial charge in [0.15, 0.2) is 0 Å². The summed E-state index contributed by atoms with van der Waals surface area (Å²) in [5, 5.41) is 5.62. The molecule has 2 aliphatic heterocycles. The van der Waals surface area contributed by atoms with Crippen molar-refractivity contribution in [2.24, 2.45) is 0 Å². The van der Waals surface area contributed by atoms with Gasteiger partial charge in [-0.1, -0.05) is 6.92 Å². The van der Waals surface area contributed by atoms with Crippen molar-refractivity contribution in [1.82, 2.24) is 15.1 Å². The van der Waals surface area contributed by atoms with Gasteiger partial charge >= 0.3 is 6.03 Å². The Bertz CT molecular complexity index is 666. The van der Waals surface area contributed by atoms with Gasteiger partial charge in [-0.2, -0.15) is 0 Å². The van der Waals surface area contributed by atoms with Crippen LogP contribution >= 0.6 is 0 Å². The maximum absolute atomic E-state index is 12.6. The van der Waals surface area contributed by atoms with Crippen molar-refractivity contribution in [2.45, 2.75) is 19.8 Å². The molecule has 2 aliphatic rings. The number of nitrogens with one attached hydrogen (secondary N) is 2. The number of rotatable bonds is 3. The fourth-order valence-corrected chi connectivity index (χ4v) is 3.00. The molecule has 0 aromatic heterocycles. The van der Waals surface area contributed by atoms with E-state index in [1.54, 1.807) is 28.0 Å². The number of amides is 4. The van der Waals surface area contributed by atoms with Gasteiger partial charge in [-0.05, 0) is 30.2 Å². The summed E-state index contributed by atoms with van der Waals surface area (Å²) < 4.78 is 0. The molecule has 0 bridgehead atoms. The van der Waals surface area contributed by atoms with Crippen molar-refractivity contribution in [3.05, 3.63) is 29.3 Å². The van der Waals surface area contributed by atoms with Gasteiger partial charge < -0.3 is 20.4 Å². The lowest BCUT2D eigenvalue weighted by atomic mass is 10.1. The van der Waals surface area contributed by atoms with Crippen LogP contribution < -0.4 is 10.6 Å². The third-order valence-corrected chi connectivity index (χ3v) is 4.36. The zero-order valence-electron chi connectivity index (χ0n) is 13.8. The Balaban J connectivity index is 1.59. The fraction of sp³-hybridized carbons (Fsp3) is 0.471. The molecule has 0 radical (unpaired) electrons. The van der Waals surface area contributed by atoms with E-state index in [0.29, 0.717) is 44.7 Å². The Labute approximate surface area is 141 Å². The third-order valence-electron chi connectivity index (χ3n) is 4.36. The molecule has 2 heterocycles. The first-order valence-corrected chi connectivity index (χ1v) is 8.33. The number of carbonyl (C=O) groups excluding carboxylic acids is 3. The van der Waals surface area contributed by atoms with Crippen molar-refractivity contribution < 1.29 is 14.4 Å². The van der Waals surface area contributed by atoms with Crippen LogP contribution in [0.4, 0.5) is 10.5 Å². The SMILES string of the molecule is CCCNC(=O)N1CCN(C(=O)c2ccc3c(c2)CC(=O)N3)CC1. The van der Waals surface area contributed by atoms with Gasteiger partial charge in [0, 0.05) is 44.0 Å². The van der Waals surface area contributed by atoms with Crippen LogP contribution in [0.1, 0.15) is 29.3 Å². The van der Waals surface area contributed by atoms with Crippen molar-refractivity contribution in [1.29, 1.82) is 0 Å². The number of fused-ring (bicyclic) bond motifs is 1. The van der Waals surface area contributed by atoms with Crippen LogP contribution in [0.3, 0.4) is 0 Å². The molecule has 3 rings (SSSR count). The number of anilines is 1. The number of hydrogen-bond acceptors (Lipinski definition) is 3. The Hall–Kier alpha value is -2.57. The molecular formula is C17H22N4O3. The average molecular weight is 330 g/mol. The highest BCUT2D eigenvalue weighted by Gasteiger charge is 2.26. The second-order valence-electron chi connectivity index (χ2n) is 6.11. The normalized spacial score (nSPS) is 16.6. The summed E-state index contributed by atoms with van der Waals surface area (Å²) in [5.41, 5.74) is 2.24. The minimum absolute atomic E-state index is 0.0405. The molecule has 7 heteroatoms. The topological polar surface area (TPSA) is 81.8 Å². The molecule has 1 aromatic carbocycles. The van der Waals surface area contributed by atoms with Crippen molar-refractivity contribution in [3.8, 4) is 0 Å². The highest BCUT2D eigenvalue weighted by molar-refractivity contribution is 6.01. The number of nitrogens with zero attached hydrogens (tertiary/aromatic N) is 2. The molecule has 0 saturated carbocycles. The van der Waals surface area contributed by atoms with Crippen LogP contribution in [0.5, 0.6) is 0 Å². The Morgan fingerprint density at radius 3 is 2.58 bits per heavy atom. The maximum atomic E-state index is 12.6. The zero-order chi connectivity index (χ0) is 17.1. The lowest BCUT2D eigenvalue weighted by Crippen LogP contribution is -2.53. The van der Waals surface area contributed by atoms with E-state index in [9.17, 15) is 14.4 Å². The number of carbonyl (C=O) groups is 3. The smallest absolute Gasteiger partial charge is 0.317 e. The predicted octanol–water partition coefficient (Wildman–Crippen LogP) is 1.06. The molecule has 1 fully saturated rings. The molecular weight excluding hydrogens is 308 g/mol. The van der Waals surface area contributed by atoms with Gasteiger partial charge in [-0.3, -0.25) is 9.59 Å². The first-order valence-electron chi connectivity index (χ1n) is 8.33. The maximum Gasteiger partial charge on any atom is 0.317 e. The number of benzene rings is 1. The molecule has 2 N–H and O–H groups in total. The molecule has 24 heavy (non-hydrogen) atoms. The van der Waals surface area contributed by atoms with Gasteiger partial charge in [0.1, 0.15) is 0 Å². The molecule has 0 atom stereocenters. The Morgan fingerprint density at radius 1 is 1.17 bits per heavy atom. The number of hydrogen-bond donors (Lipinski definition) is 2. The molecule has 128 valence electrons. The highest BCUT2D eigenvalue weighted by Crippen LogP contribution is 2.24. The average Bonchev–Trinajstić information content (AvgIpc) is 2.98. The zero-order valence-corrected chi connectivity index (χ0v) is 13.8. The highest BCUT2D eigenvalue weighted by atomic mass is 16.2. The second kappa shape index (κ2) is 6.90. The van der Waals surface area contributed by atoms with E-state index in [4.69, 9.17) is 0 Å². The summed E-state index contributed by atoms with van der Waals surface area (Å²) in [6.07, 6.45) is 1.22. The fourth-order valence-electron chi connectivity index (χ4n) is 3.00. The molecule has 1 saturated heterocycles. The van der Waals surface area contributed by atoms with E-state index >= 15 is 0 Å². The summed E-state index contributed by atoms with van der Waals surface area (Å²) in [7, 11) is 0. The monoisotopic (exact) mass is 330 g/mol. The van der Waals surface area contributed by atoms with Crippen LogP contribution in [-0.4, -0.2) is 60.4 Å². The first kappa shape index (κ1) is 16.3. The van der Waals surface area contributed by atoms with Gasteiger partial charge in [0.2, 0.25) is 5.91 Å². The van der Waals surface area contributed by atoms with Crippen molar-refractivity contribution in [3.63, 3.8) is 0 Å². The largest absolute Gasteiger partial charge is 0.338 e. The summed E-state index contributed by atoms with van der Waals surface area (Å²) in [6, 6.07) is 5.25. The summed E-state index contributed by atoms with van der Waals surface area (Å²) >= 11 is 0. The van der Waals surface area contributed by atoms with E-state index in [2.05, 4.69) is 10.6 Å². The first-order chi connectivity index (χ1) is 11.6. The number of piperazine rings is 1. The third kappa shape index (κ3) is 3.34. The van der Waals surface area contributed by atoms with E-state index in [-0.39, 0.29) is 17.8 Å². The predicted molar refractivity (Wildman–Crippen MR) is 89.9 cm³/mol. The summed E-state index contributed by atoms with van der Waals surface area (Å²) in [6.45, 7) is 4.79. The van der Waals surface area contributed by atoms with Gasteiger partial charge in [0.25, 0.3) is 5.91 Å². The molecule has 4 amide bonds. The van der Waals surface area contributed by atoms with Gasteiger partial charge in [0.05, 0.1) is 6.42 Å². The van der Waals surface area contributed by atoms with Gasteiger partial charge in [-0.25, -0.2) is 4.79 Å². The van der Waals surface area contributed by atoms with Crippen molar-refractivity contribution in [2.75, 3.05) is 38.0 Å². The van der Waals surface area contributed by atoms with Crippen LogP contribution in [-0.2, 0) is 11.2 Å². The molecule has 0 unspecified atom stereocenters. The van der Waals surface area contributed by atoms with Crippen LogP contribution in [0, 0.1) is 0 Å². The Morgan fingerprint density at radius 2 is 1.88 bits per heavy atom. The number of urea groups is 1. The van der Waals surface area contributed by atoms with Crippen LogP contribution in [0.2, 0.25) is 0 Å². The minimum atomic E-state index is -0.0638. The molecule has 0 spiro atoms. The van der Waals surface area contributed by atoms with E-state index in [0.717, 1.165) is 17.7 Å². The molecule has 1 aromatic rings. The van der Waals surface area contributed by atoms with Crippen molar-refractivity contribution >= 4 is 23.5 Å². The lowest BCUT2D eigenvalue weighted by Gasteiger charge is -2.34. The Kier molecular flexibility index (Phi) is 4.69. The van der Waals surface area contributed by atoms with Crippen LogP contribution in [0.25, 0.3) is 0 Å². The van der Waals surface area contributed by atoms with Crippen LogP contribution in [0.15, 0.2) is 18.2 Å². The summed E-state index contributed by atoms with van der Waals surface area (Å²) in [5.74, 6) is -0.0907. The summed E-state index contributed by atoms with van der Waals surface area (Å²) in [4.78, 5) is 39.5. The molecule has 0 aliphatic carbocycles. The van der Waals surface area contributed by atoms with E-state index in [1.165, 1.54) is 0 Å². The molecule has 7 nitrogen and oxygen atoms in total. The minimum Gasteiger partial charge on any atom is -0.338 e. The second-order valence-corrected chi connectivity index (χ2v) is 6.11. The van der Waals surface area contributed by atoms with E-state index in [1.807, 2.05) is 6.92 Å². The lowest BCUT2D eigenvalue weighted by molar-refractivity contribution is -0.115. The van der Waals surface area contributed by atoms with E-state index < -0.39 is 0 Å². The van der Waals surface area contributed by atoms with Gasteiger partial charge in [-0.15, -0.1) is 0 Å².